The van der Waals surface area contributed by atoms with E-state index >= 15 is 0 Å². The molecule has 0 fully saturated rings. The van der Waals surface area contributed by atoms with Crippen molar-refractivity contribution in [3.63, 3.8) is 0 Å². The van der Waals surface area contributed by atoms with Gasteiger partial charge >= 0.3 is 0 Å². The third-order valence-corrected chi connectivity index (χ3v) is 4.49. The Morgan fingerprint density at radius 1 is 1.18 bits per heavy atom. The summed E-state index contributed by atoms with van der Waals surface area (Å²) < 4.78 is 24.1. The van der Waals surface area contributed by atoms with E-state index in [2.05, 4.69) is 10.1 Å². The van der Waals surface area contributed by atoms with Crippen LogP contribution in [0.5, 0.6) is 11.6 Å². The maximum absolute atomic E-state index is 12.7. The molecular weight excluding hydrogens is 363 g/mol. The number of halogens is 1. The molecule has 4 rings (SSSR count). The molecule has 7 nitrogen and oxygen atoms in total. The van der Waals surface area contributed by atoms with Gasteiger partial charge in [0.1, 0.15) is 19.0 Å². The zero-order valence-electron chi connectivity index (χ0n) is 15.3. The minimum atomic E-state index is -0.565. The number of benzene rings is 1. The number of fused-ring (bicyclic) bond motifs is 1. The molecule has 1 amide bonds. The number of hydrogen-bond donors (Lipinski definition) is 0. The van der Waals surface area contributed by atoms with Gasteiger partial charge in [0.25, 0.3) is 5.91 Å². The van der Waals surface area contributed by atoms with Crippen LogP contribution in [0.15, 0.2) is 48.8 Å². The van der Waals surface area contributed by atoms with Crippen LogP contribution in [0.1, 0.15) is 21.6 Å². The minimum absolute atomic E-state index is 0.0268. The van der Waals surface area contributed by atoms with Gasteiger partial charge in [-0.2, -0.15) is 5.10 Å². The van der Waals surface area contributed by atoms with E-state index in [0.717, 1.165) is 16.9 Å². The van der Waals surface area contributed by atoms with Crippen molar-refractivity contribution in [2.24, 2.45) is 0 Å². The maximum atomic E-state index is 12.7. The van der Waals surface area contributed by atoms with Gasteiger partial charge in [0.05, 0.1) is 25.5 Å². The lowest BCUT2D eigenvalue weighted by Crippen LogP contribution is -2.24. The Labute approximate surface area is 161 Å². The maximum Gasteiger partial charge on any atom is 0.275 e. The highest BCUT2D eigenvalue weighted by Gasteiger charge is 2.31. The lowest BCUT2D eigenvalue weighted by molar-refractivity contribution is 0.0760. The molecule has 0 spiro atoms. The SMILES string of the molecule is COc1ccc(CN2Cc3cn(-c4ccc(OCCF)nc4)nc3C2=O)cc1. The molecule has 0 radical (unpaired) electrons. The third-order valence-electron chi connectivity index (χ3n) is 4.49. The number of carbonyl (C=O) groups excluding carboxylic acids is 1. The van der Waals surface area contributed by atoms with Crippen LogP contribution < -0.4 is 9.47 Å². The highest BCUT2D eigenvalue weighted by molar-refractivity contribution is 5.96. The van der Waals surface area contributed by atoms with Gasteiger partial charge in [0.2, 0.25) is 5.88 Å². The Morgan fingerprint density at radius 2 is 2.00 bits per heavy atom. The van der Waals surface area contributed by atoms with E-state index in [1.165, 1.54) is 0 Å². The van der Waals surface area contributed by atoms with Gasteiger partial charge in [-0.1, -0.05) is 12.1 Å². The summed E-state index contributed by atoms with van der Waals surface area (Å²) in [5.41, 5.74) is 3.05. The number of ether oxygens (including phenoxy) is 2. The number of methoxy groups -OCH3 is 1. The van der Waals surface area contributed by atoms with Gasteiger partial charge in [-0.25, -0.2) is 14.1 Å². The average molecular weight is 382 g/mol. The Balaban J connectivity index is 1.45. The van der Waals surface area contributed by atoms with Gasteiger partial charge in [-0.3, -0.25) is 4.79 Å². The van der Waals surface area contributed by atoms with Crippen LogP contribution in [-0.4, -0.2) is 46.0 Å². The summed E-state index contributed by atoms with van der Waals surface area (Å²) in [5.74, 6) is 1.04. The second-order valence-corrected chi connectivity index (χ2v) is 6.35. The van der Waals surface area contributed by atoms with Crippen LogP contribution >= 0.6 is 0 Å². The molecule has 3 aromatic rings. The van der Waals surface area contributed by atoms with Gasteiger partial charge in [-0.15, -0.1) is 0 Å². The van der Waals surface area contributed by atoms with Crippen molar-refractivity contribution in [1.82, 2.24) is 19.7 Å². The van der Waals surface area contributed by atoms with Crippen molar-refractivity contribution in [3.05, 3.63) is 65.6 Å². The first kappa shape index (κ1) is 18.0. The van der Waals surface area contributed by atoms with Crippen molar-refractivity contribution in [2.45, 2.75) is 13.1 Å². The van der Waals surface area contributed by atoms with Gasteiger partial charge in [0, 0.05) is 24.4 Å². The molecule has 0 bridgehead atoms. The normalized spacial score (nSPS) is 12.9. The molecular formula is C20H19FN4O3. The molecule has 0 N–H and O–H groups in total. The number of aromatic nitrogens is 3. The lowest BCUT2D eigenvalue weighted by Gasteiger charge is -2.16. The molecule has 1 aliphatic rings. The fraction of sp³-hybridized carbons (Fsp3) is 0.250. The molecule has 0 atom stereocenters. The average Bonchev–Trinajstić information content (AvgIpc) is 3.27. The largest absolute Gasteiger partial charge is 0.497 e. The number of pyridine rings is 1. The molecule has 1 aromatic carbocycles. The molecule has 0 saturated carbocycles. The van der Waals surface area contributed by atoms with Gasteiger partial charge in [-0.05, 0) is 23.8 Å². The number of rotatable bonds is 7. The second-order valence-electron chi connectivity index (χ2n) is 6.35. The third kappa shape index (κ3) is 3.53. The molecule has 0 unspecified atom stereocenters. The summed E-state index contributed by atoms with van der Waals surface area (Å²) in [7, 11) is 1.62. The van der Waals surface area contributed by atoms with Crippen molar-refractivity contribution < 1.29 is 18.7 Å². The molecule has 0 saturated heterocycles. The number of hydrogen-bond acceptors (Lipinski definition) is 5. The fourth-order valence-corrected chi connectivity index (χ4v) is 3.08. The predicted octanol–water partition coefficient (Wildman–Crippen LogP) is 2.78. The van der Waals surface area contributed by atoms with E-state index in [9.17, 15) is 9.18 Å². The van der Waals surface area contributed by atoms with Crippen LogP contribution in [-0.2, 0) is 13.1 Å². The summed E-state index contributed by atoms with van der Waals surface area (Å²) in [6.45, 7) is 0.429. The highest BCUT2D eigenvalue weighted by atomic mass is 19.1. The van der Waals surface area contributed by atoms with E-state index in [0.29, 0.717) is 30.4 Å². The zero-order chi connectivity index (χ0) is 19.5. The topological polar surface area (TPSA) is 69.5 Å². The molecule has 8 heteroatoms. The lowest BCUT2D eigenvalue weighted by atomic mass is 10.2. The molecule has 28 heavy (non-hydrogen) atoms. The van der Waals surface area contributed by atoms with E-state index in [1.807, 2.05) is 30.5 Å². The van der Waals surface area contributed by atoms with E-state index in [-0.39, 0.29) is 12.5 Å². The van der Waals surface area contributed by atoms with E-state index in [1.54, 1.807) is 35.0 Å². The number of carbonyl (C=O) groups is 1. The second kappa shape index (κ2) is 7.67. The quantitative estimate of drug-likeness (QED) is 0.629. The minimum Gasteiger partial charge on any atom is -0.497 e. The molecule has 3 heterocycles. The van der Waals surface area contributed by atoms with Crippen LogP contribution in [0.25, 0.3) is 5.69 Å². The van der Waals surface area contributed by atoms with Crippen LogP contribution in [0.2, 0.25) is 0 Å². The number of amides is 1. The summed E-state index contributed by atoms with van der Waals surface area (Å²) in [6.07, 6.45) is 3.41. The Kier molecular flexibility index (Phi) is 4.92. The van der Waals surface area contributed by atoms with Crippen molar-refractivity contribution >= 4 is 5.91 Å². The van der Waals surface area contributed by atoms with Crippen LogP contribution in [0, 0.1) is 0 Å². The van der Waals surface area contributed by atoms with E-state index in [4.69, 9.17) is 9.47 Å². The zero-order valence-corrected chi connectivity index (χ0v) is 15.3. The first-order valence-electron chi connectivity index (χ1n) is 8.84. The summed E-state index contributed by atoms with van der Waals surface area (Å²) >= 11 is 0. The monoisotopic (exact) mass is 382 g/mol. The Hall–Kier alpha value is -3.42. The van der Waals surface area contributed by atoms with Gasteiger partial charge < -0.3 is 14.4 Å². The molecule has 2 aromatic heterocycles. The standard InChI is InChI=1S/C20H19FN4O3/c1-27-17-5-2-14(3-6-17)11-24-12-15-13-25(23-19(15)20(24)26)16-4-7-18(22-10-16)28-9-8-21/h2-7,10,13H,8-9,11-12H2,1H3. The Morgan fingerprint density at radius 3 is 2.64 bits per heavy atom. The van der Waals surface area contributed by atoms with Crippen molar-refractivity contribution in [1.29, 1.82) is 0 Å². The first-order valence-corrected chi connectivity index (χ1v) is 8.84. The van der Waals surface area contributed by atoms with Gasteiger partial charge in [0.15, 0.2) is 5.69 Å². The number of alkyl halides is 1. The molecule has 0 aliphatic carbocycles. The molecule has 1 aliphatic heterocycles. The van der Waals surface area contributed by atoms with E-state index < -0.39 is 6.67 Å². The summed E-state index contributed by atoms with van der Waals surface area (Å²) in [5, 5.41) is 4.42. The molecule has 144 valence electrons. The highest BCUT2D eigenvalue weighted by Crippen LogP contribution is 2.25. The fourth-order valence-electron chi connectivity index (χ4n) is 3.08. The predicted molar refractivity (Wildman–Crippen MR) is 99.4 cm³/mol. The number of nitrogens with zero attached hydrogens (tertiary/aromatic N) is 4. The van der Waals surface area contributed by atoms with Crippen molar-refractivity contribution in [3.8, 4) is 17.3 Å². The van der Waals surface area contributed by atoms with Crippen LogP contribution in [0.4, 0.5) is 4.39 Å². The summed E-state index contributed by atoms with van der Waals surface area (Å²) in [6, 6.07) is 11.1. The first-order chi connectivity index (χ1) is 13.7. The Bertz CT molecular complexity index is 970. The smallest absolute Gasteiger partial charge is 0.275 e. The van der Waals surface area contributed by atoms with Crippen molar-refractivity contribution in [2.75, 3.05) is 20.4 Å². The van der Waals surface area contributed by atoms with Crippen LogP contribution in [0.3, 0.4) is 0 Å². The summed E-state index contributed by atoms with van der Waals surface area (Å²) in [4.78, 5) is 18.6.